The number of nitrogens with zero attached hydrogens (tertiary/aromatic N) is 3. The molecule has 3 fully saturated rings. The molecule has 3 aliphatic heterocycles. The number of amides is 3. The van der Waals surface area contributed by atoms with Crippen LogP contribution in [0.25, 0.3) is 0 Å². The Balaban J connectivity index is 0.00000324. The molecule has 3 saturated heterocycles. The number of ether oxygens (including phenoxy) is 2. The van der Waals surface area contributed by atoms with Crippen LogP contribution in [-0.4, -0.2) is 77.5 Å². The first-order valence-electron chi connectivity index (χ1n) is 11.8. The van der Waals surface area contributed by atoms with Crippen molar-refractivity contribution in [3.05, 3.63) is 29.8 Å². The first-order chi connectivity index (χ1) is 15.6. The molecule has 1 aromatic carbocycles. The highest BCUT2D eigenvalue weighted by Gasteiger charge is 2.43. The van der Waals surface area contributed by atoms with Gasteiger partial charge in [0.2, 0.25) is 11.8 Å². The highest BCUT2D eigenvalue weighted by Crippen LogP contribution is 2.32. The lowest BCUT2D eigenvalue weighted by atomic mass is 9.84. The van der Waals surface area contributed by atoms with E-state index in [1.807, 2.05) is 49.9 Å². The van der Waals surface area contributed by atoms with E-state index in [4.69, 9.17) is 9.47 Å². The van der Waals surface area contributed by atoms with Crippen molar-refractivity contribution in [3.8, 4) is 5.75 Å². The van der Waals surface area contributed by atoms with E-state index in [0.717, 1.165) is 17.7 Å². The normalized spacial score (nSPS) is 24.5. The Hall–Kier alpha value is -2.42. The molecule has 0 aliphatic carbocycles. The third-order valence-corrected chi connectivity index (χ3v) is 6.67. The maximum Gasteiger partial charge on any atom is 0.410 e. The number of hydrogen-bond donors (Lipinski definition) is 0. The van der Waals surface area contributed by atoms with Crippen LogP contribution < -0.4 is 4.74 Å². The lowest BCUT2D eigenvalue weighted by Gasteiger charge is -2.46. The molecule has 0 aromatic heterocycles. The number of carbonyl (C=O) groups excluding carboxylic acids is 3. The summed E-state index contributed by atoms with van der Waals surface area (Å²) in [6.45, 7) is 8.49. The van der Waals surface area contributed by atoms with Crippen LogP contribution in [0.15, 0.2) is 24.3 Å². The van der Waals surface area contributed by atoms with Crippen LogP contribution in [0.5, 0.6) is 5.75 Å². The van der Waals surface area contributed by atoms with E-state index in [1.165, 1.54) is 0 Å². The minimum atomic E-state index is -0.520. The van der Waals surface area contributed by atoms with Gasteiger partial charge in [0.15, 0.2) is 0 Å². The topological polar surface area (TPSA) is 79.4 Å². The second kappa shape index (κ2) is 10.5. The summed E-state index contributed by atoms with van der Waals surface area (Å²) in [4.78, 5) is 44.1. The number of carbonyl (C=O) groups is 3. The Labute approximate surface area is 209 Å². The van der Waals surface area contributed by atoms with Crippen molar-refractivity contribution in [3.63, 3.8) is 0 Å². The molecule has 34 heavy (non-hydrogen) atoms. The highest BCUT2D eigenvalue weighted by molar-refractivity contribution is 7.59. The maximum absolute atomic E-state index is 13.5. The zero-order chi connectivity index (χ0) is 23.8. The maximum atomic E-state index is 13.5. The van der Waals surface area contributed by atoms with E-state index in [0.29, 0.717) is 45.6 Å². The molecular formula is C25H37N3O5S. The summed E-state index contributed by atoms with van der Waals surface area (Å²) in [7, 11) is 1.62. The molecule has 3 atom stereocenters. The first kappa shape index (κ1) is 26.2. The standard InChI is InChI=1S/C25H35N3O5.H2S/c1-25(2,3)33-24(31)27-14-18-11-19(15-27)13-26(12-18)23(30)21-9-10-22(29)28(21)16-17-5-7-20(32-4)8-6-17;/h5-8,18-19,21H,9-16H2,1-4H3;1H2/t18?,19?,21-;/m0./s1. The zero-order valence-electron chi connectivity index (χ0n) is 20.6. The van der Waals surface area contributed by atoms with Gasteiger partial charge < -0.3 is 24.2 Å². The molecule has 1 aromatic rings. The fourth-order valence-electron chi connectivity index (χ4n) is 5.26. The Morgan fingerprint density at radius 3 is 2.15 bits per heavy atom. The second-order valence-electron chi connectivity index (χ2n) is 10.5. The summed E-state index contributed by atoms with van der Waals surface area (Å²) in [6, 6.07) is 7.19. The summed E-state index contributed by atoms with van der Waals surface area (Å²) >= 11 is 0. The van der Waals surface area contributed by atoms with Crippen LogP contribution >= 0.6 is 13.5 Å². The first-order valence-corrected chi connectivity index (χ1v) is 11.8. The molecule has 188 valence electrons. The summed E-state index contributed by atoms with van der Waals surface area (Å²) in [5.74, 6) is 1.30. The van der Waals surface area contributed by atoms with Crippen molar-refractivity contribution in [1.29, 1.82) is 0 Å². The SMILES string of the molecule is COc1ccc(CN2C(=O)CC[C@H]2C(=O)N2CC3CC(CN(C(=O)OC(C)(C)C)C3)C2)cc1.S. The molecule has 2 bridgehead atoms. The van der Waals surface area contributed by atoms with Gasteiger partial charge in [-0.3, -0.25) is 9.59 Å². The van der Waals surface area contributed by atoms with E-state index in [9.17, 15) is 14.4 Å². The molecule has 0 spiro atoms. The predicted molar refractivity (Wildman–Crippen MR) is 133 cm³/mol. The smallest absolute Gasteiger partial charge is 0.410 e. The van der Waals surface area contributed by atoms with Crippen molar-refractivity contribution in [2.75, 3.05) is 33.3 Å². The summed E-state index contributed by atoms with van der Waals surface area (Å²) < 4.78 is 10.8. The minimum absolute atomic E-state index is 0. The number of fused-ring (bicyclic) bond motifs is 2. The molecule has 8 nitrogen and oxygen atoms in total. The molecule has 0 radical (unpaired) electrons. The van der Waals surface area contributed by atoms with Crippen molar-refractivity contribution >= 4 is 31.4 Å². The highest BCUT2D eigenvalue weighted by atomic mass is 32.1. The van der Waals surface area contributed by atoms with Gasteiger partial charge in [0.25, 0.3) is 0 Å². The van der Waals surface area contributed by atoms with E-state index >= 15 is 0 Å². The van der Waals surface area contributed by atoms with Gasteiger partial charge in [-0.2, -0.15) is 13.5 Å². The van der Waals surface area contributed by atoms with Crippen LogP contribution in [0.1, 0.15) is 45.6 Å². The number of rotatable bonds is 4. The Kier molecular flexibility index (Phi) is 8.06. The third kappa shape index (κ3) is 5.98. The van der Waals surface area contributed by atoms with Crippen LogP contribution in [0.2, 0.25) is 0 Å². The number of methoxy groups -OCH3 is 1. The van der Waals surface area contributed by atoms with Crippen LogP contribution in [0, 0.1) is 11.8 Å². The average Bonchev–Trinajstić information content (AvgIpc) is 3.12. The zero-order valence-corrected chi connectivity index (χ0v) is 21.6. The Morgan fingerprint density at radius 1 is 1.00 bits per heavy atom. The lowest BCUT2D eigenvalue weighted by Crippen LogP contribution is -2.58. The van der Waals surface area contributed by atoms with Crippen molar-refractivity contribution in [1.82, 2.24) is 14.7 Å². The summed E-state index contributed by atoms with van der Waals surface area (Å²) in [5.41, 5.74) is 0.459. The monoisotopic (exact) mass is 491 g/mol. The fraction of sp³-hybridized carbons (Fsp3) is 0.640. The number of piperidine rings is 2. The Morgan fingerprint density at radius 2 is 1.59 bits per heavy atom. The second-order valence-corrected chi connectivity index (χ2v) is 10.5. The molecular weight excluding hydrogens is 454 g/mol. The van der Waals surface area contributed by atoms with Crippen molar-refractivity contribution in [2.45, 2.75) is 58.2 Å². The molecule has 3 heterocycles. The molecule has 3 amide bonds. The molecule has 2 unspecified atom stereocenters. The van der Waals surface area contributed by atoms with Gasteiger partial charge in [0, 0.05) is 39.1 Å². The van der Waals surface area contributed by atoms with Gasteiger partial charge in [-0.25, -0.2) is 4.79 Å². The van der Waals surface area contributed by atoms with Gasteiger partial charge in [-0.1, -0.05) is 12.1 Å². The van der Waals surface area contributed by atoms with Crippen LogP contribution in [-0.2, 0) is 20.9 Å². The number of likely N-dealkylation sites (tertiary alicyclic amines) is 3. The third-order valence-electron chi connectivity index (χ3n) is 6.67. The Bertz CT molecular complexity index is 887. The number of hydrogen-bond acceptors (Lipinski definition) is 5. The fourth-order valence-corrected chi connectivity index (χ4v) is 5.26. The summed E-state index contributed by atoms with van der Waals surface area (Å²) in [6.07, 6.45) is 1.70. The van der Waals surface area contributed by atoms with Gasteiger partial charge in [-0.05, 0) is 63.1 Å². The van der Waals surface area contributed by atoms with Gasteiger partial charge in [0.1, 0.15) is 17.4 Å². The van der Waals surface area contributed by atoms with Gasteiger partial charge in [0.05, 0.1) is 7.11 Å². The van der Waals surface area contributed by atoms with Gasteiger partial charge >= 0.3 is 6.09 Å². The lowest BCUT2D eigenvalue weighted by molar-refractivity contribution is -0.145. The average molecular weight is 492 g/mol. The minimum Gasteiger partial charge on any atom is -0.497 e. The van der Waals surface area contributed by atoms with E-state index in [2.05, 4.69) is 0 Å². The van der Waals surface area contributed by atoms with Crippen LogP contribution in [0.3, 0.4) is 0 Å². The molecule has 0 saturated carbocycles. The van der Waals surface area contributed by atoms with Crippen LogP contribution in [0.4, 0.5) is 4.79 Å². The molecule has 4 rings (SSSR count). The van der Waals surface area contributed by atoms with Crippen molar-refractivity contribution in [2.24, 2.45) is 11.8 Å². The predicted octanol–water partition coefficient (Wildman–Crippen LogP) is 3.01. The van der Waals surface area contributed by atoms with E-state index in [1.54, 1.807) is 16.9 Å². The largest absolute Gasteiger partial charge is 0.497 e. The summed E-state index contributed by atoms with van der Waals surface area (Å²) in [5, 5.41) is 0. The number of benzene rings is 1. The van der Waals surface area contributed by atoms with Crippen molar-refractivity contribution < 1.29 is 23.9 Å². The quantitative estimate of drug-likeness (QED) is 0.647. The van der Waals surface area contributed by atoms with Gasteiger partial charge in [-0.15, -0.1) is 0 Å². The molecule has 0 N–H and O–H groups in total. The van der Waals surface area contributed by atoms with E-state index in [-0.39, 0.29) is 43.2 Å². The molecule has 9 heteroatoms. The van der Waals surface area contributed by atoms with E-state index < -0.39 is 11.6 Å². The molecule has 3 aliphatic rings.